The van der Waals surface area contributed by atoms with Gasteiger partial charge >= 0.3 is 5.82 Å². The number of imidazole rings is 1. The van der Waals surface area contributed by atoms with Gasteiger partial charge in [-0.1, -0.05) is 5.16 Å². The number of oxime groups is 1. The first-order valence-electron chi connectivity index (χ1n) is 5.91. The minimum Gasteiger partial charge on any atom is -0.411 e. The van der Waals surface area contributed by atoms with Crippen LogP contribution in [0.15, 0.2) is 17.5 Å². The average Bonchev–Trinajstić information content (AvgIpc) is 2.68. The molecule has 8 nitrogen and oxygen atoms in total. The molecule has 1 aromatic heterocycles. The van der Waals surface area contributed by atoms with Gasteiger partial charge < -0.3 is 9.94 Å². The zero-order valence-corrected chi connectivity index (χ0v) is 11.3. The van der Waals surface area contributed by atoms with Crippen molar-refractivity contribution in [3.63, 3.8) is 0 Å². The van der Waals surface area contributed by atoms with Gasteiger partial charge in [-0.15, -0.1) is 0 Å². The van der Waals surface area contributed by atoms with Crippen LogP contribution >= 0.6 is 0 Å². The number of ether oxygens (including phenoxy) is 1. The molecule has 0 bridgehead atoms. The predicted molar refractivity (Wildman–Crippen MR) is 66.7 cm³/mol. The first-order valence-corrected chi connectivity index (χ1v) is 5.91. The van der Waals surface area contributed by atoms with Crippen molar-refractivity contribution in [3.05, 3.63) is 28.3 Å². The van der Waals surface area contributed by atoms with Crippen LogP contribution in [0, 0.1) is 10.1 Å². The Morgan fingerprint density at radius 1 is 1.68 bits per heavy atom. The van der Waals surface area contributed by atoms with E-state index in [1.54, 1.807) is 24.6 Å². The first-order chi connectivity index (χ1) is 8.89. The highest BCUT2D eigenvalue weighted by molar-refractivity contribution is 5.72. The van der Waals surface area contributed by atoms with Gasteiger partial charge in [-0.2, -0.15) is 0 Å². The second kappa shape index (κ2) is 6.28. The smallest absolute Gasteiger partial charge is 0.305 e. The molecule has 1 N–H and O–H groups in total. The molecule has 0 aliphatic heterocycles. The lowest BCUT2D eigenvalue weighted by molar-refractivity contribution is -0.739. The van der Waals surface area contributed by atoms with Crippen molar-refractivity contribution in [2.75, 3.05) is 6.54 Å². The highest BCUT2D eigenvalue weighted by atomic mass is 16.6. The van der Waals surface area contributed by atoms with E-state index < -0.39 is 10.5 Å². The molecule has 0 radical (unpaired) electrons. The monoisotopic (exact) mass is 271 g/mol. The zero-order valence-electron chi connectivity index (χ0n) is 11.3. The van der Waals surface area contributed by atoms with E-state index in [4.69, 9.17) is 9.94 Å². The number of aryl methyl sites for hydroxylation is 1. The molecular weight excluding hydrogens is 252 g/mol. The number of nitro groups is 1. The average molecular weight is 271 g/mol. The summed E-state index contributed by atoms with van der Waals surface area (Å²) in [6, 6.07) is 0. The zero-order chi connectivity index (χ0) is 14.5. The molecule has 1 aromatic rings. The van der Waals surface area contributed by atoms with Gasteiger partial charge in [-0.3, -0.25) is 10.1 Å². The van der Waals surface area contributed by atoms with Crippen molar-refractivity contribution in [1.29, 1.82) is 0 Å². The Hall–Kier alpha value is -1.96. The maximum atomic E-state index is 10.5. The molecule has 0 aromatic carbocycles. The van der Waals surface area contributed by atoms with Gasteiger partial charge in [0.05, 0.1) is 6.54 Å². The summed E-state index contributed by atoms with van der Waals surface area (Å²) in [6.45, 7) is 5.86. The molecule has 0 aliphatic rings. The van der Waals surface area contributed by atoms with Crippen molar-refractivity contribution in [2.24, 2.45) is 5.16 Å². The van der Waals surface area contributed by atoms with E-state index in [-0.39, 0.29) is 13.3 Å². The van der Waals surface area contributed by atoms with Gasteiger partial charge in [0.15, 0.2) is 12.9 Å². The van der Waals surface area contributed by atoms with Crippen molar-refractivity contribution >= 4 is 6.21 Å². The van der Waals surface area contributed by atoms with Gasteiger partial charge in [0.1, 0.15) is 18.0 Å². The molecule has 19 heavy (non-hydrogen) atoms. The number of nitrogens with zero attached hydrogens (tertiary/aromatic N) is 4. The molecule has 0 saturated heterocycles. The van der Waals surface area contributed by atoms with E-state index in [2.05, 4.69) is 5.16 Å². The Balaban J connectivity index is 2.77. The van der Waals surface area contributed by atoms with Crippen molar-refractivity contribution in [1.82, 2.24) is 4.57 Å². The lowest BCUT2D eigenvalue weighted by atomic mass is 10.1. The Morgan fingerprint density at radius 3 is 2.89 bits per heavy atom. The van der Waals surface area contributed by atoms with Crippen LogP contribution in [0.5, 0.6) is 0 Å². The number of hydrogen-bond acceptors (Lipinski definition) is 5. The van der Waals surface area contributed by atoms with Crippen LogP contribution in [-0.2, 0) is 18.0 Å². The van der Waals surface area contributed by atoms with Crippen LogP contribution in [0.4, 0.5) is 0 Å². The van der Waals surface area contributed by atoms with E-state index in [9.17, 15) is 10.1 Å². The van der Waals surface area contributed by atoms with Gasteiger partial charge in [-0.25, -0.2) is 9.13 Å². The predicted octanol–water partition coefficient (Wildman–Crippen LogP) is 0.633. The number of hydrogen-bond donors (Lipinski definition) is 1. The summed E-state index contributed by atoms with van der Waals surface area (Å²) in [5, 5.41) is 22.2. The van der Waals surface area contributed by atoms with Crippen LogP contribution in [0.1, 0.15) is 26.6 Å². The molecule has 0 spiro atoms. The van der Waals surface area contributed by atoms with E-state index in [1.165, 1.54) is 6.21 Å². The maximum absolute atomic E-state index is 10.5. The summed E-state index contributed by atoms with van der Waals surface area (Å²) < 4.78 is 9.11. The number of rotatable bonds is 7. The van der Waals surface area contributed by atoms with Crippen molar-refractivity contribution in [3.8, 4) is 0 Å². The Labute approximate surface area is 111 Å². The summed E-state index contributed by atoms with van der Waals surface area (Å²) >= 11 is 0. The van der Waals surface area contributed by atoms with E-state index in [0.29, 0.717) is 12.4 Å². The first kappa shape index (κ1) is 15.1. The van der Waals surface area contributed by atoms with Crippen LogP contribution in [0.2, 0.25) is 0 Å². The molecule has 8 heteroatoms. The SMILES string of the molecule is CCn1cc[n+](COC(C)(C)C[N+](=O)[O-])c1/C=N/O. The van der Waals surface area contributed by atoms with E-state index in [0.717, 1.165) is 0 Å². The Bertz CT molecular complexity index is 467. The van der Waals surface area contributed by atoms with Gasteiger partial charge in [0, 0.05) is 4.92 Å². The van der Waals surface area contributed by atoms with Gasteiger partial charge in [-0.05, 0) is 20.8 Å². The third-order valence-electron chi connectivity index (χ3n) is 2.63. The lowest BCUT2D eigenvalue weighted by Crippen LogP contribution is -2.44. The van der Waals surface area contributed by atoms with E-state index >= 15 is 0 Å². The molecule has 0 aliphatic carbocycles. The fourth-order valence-electron chi connectivity index (χ4n) is 1.66. The summed E-state index contributed by atoms with van der Waals surface area (Å²) in [5.74, 6) is 0.655. The van der Waals surface area contributed by atoms with Crippen LogP contribution < -0.4 is 4.57 Å². The molecule has 106 valence electrons. The largest absolute Gasteiger partial charge is 0.411 e. The summed E-state index contributed by atoms with van der Waals surface area (Å²) in [4.78, 5) is 10.1. The minimum atomic E-state index is -0.863. The highest BCUT2D eigenvalue weighted by Gasteiger charge is 2.27. The fraction of sp³-hybridized carbons (Fsp3) is 0.636. The normalized spacial score (nSPS) is 12.2. The molecule has 0 fully saturated rings. The van der Waals surface area contributed by atoms with E-state index in [1.807, 2.05) is 17.7 Å². The topological polar surface area (TPSA) is 93.8 Å². The summed E-state index contributed by atoms with van der Waals surface area (Å²) in [7, 11) is 0. The van der Waals surface area contributed by atoms with Crippen LogP contribution in [0.25, 0.3) is 0 Å². The number of aromatic nitrogens is 2. The Kier molecular flexibility index (Phi) is 4.99. The van der Waals surface area contributed by atoms with Crippen LogP contribution in [-0.4, -0.2) is 33.1 Å². The Morgan fingerprint density at radius 2 is 2.37 bits per heavy atom. The van der Waals surface area contributed by atoms with Crippen molar-refractivity contribution < 1.29 is 19.4 Å². The molecule has 0 unspecified atom stereocenters. The second-order valence-corrected chi connectivity index (χ2v) is 4.68. The van der Waals surface area contributed by atoms with Gasteiger partial charge in [0.2, 0.25) is 6.54 Å². The molecule has 1 rings (SSSR count). The molecule has 0 amide bonds. The molecule has 0 atom stereocenters. The molecular formula is C11H19N4O4+. The summed E-state index contributed by atoms with van der Waals surface area (Å²) in [6.07, 6.45) is 4.89. The quantitative estimate of drug-likeness (QED) is 0.259. The molecule has 1 heterocycles. The maximum Gasteiger partial charge on any atom is 0.305 e. The summed E-state index contributed by atoms with van der Waals surface area (Å²) in [5.41, 5.74) is -0.863. The second-order valence-electron chi connectivity index (χ2n) is 4.68. The lowest BCUT2D eigenvalue weighted by Gasteiger charge is -2.19. The van der Waals surface area contributed by atoms with Crippen LogP contribution in [0.3, 0.4) is 0 Å². The molecule has 0 saturated carbocycles. The van der Waals surface area contributed by atoms with Crippen molar-refractivity contribution in [2.45, 2.75) is 39.6 Å². The van der Waals surface area contributed by atoms with Gasteiger partial charge in [0.25, 0.3) is 0 Å². The standard InChI is InChI=1S/C11H18N4O4/c1-4-13-5-6-14(10(13)7-12-16)9-19-11(2,3)8-15(17)18/h5-7H,4,8-9H2,1-3H3/p+1. The minimum absolute atomic E-state index is 0.148. The fourth-order valence-corrected chi connectivity index (χ4v) is 1.66. The third-order valence-corrected chi connectivity index (χ3v) is 2.63. The third kappa shape index (κ3) is 4.32. The highest BCUT2D eigenvalue weighted by Crippen LogP contribution is 2.09.